The lowest BCUT2D eigenvalue weighted by molar-refractivity contribution is -0.145. The van der Waals surface area contributed by atoms with E-state index in [1.807, 2.05) is 0 Å². The molecule has 0 bridgehead atoms. The van der Waals surface area contributed by atoms with Crippen LogP contribution in [0.1, 0.15) is 24.6 Å². The maximum Gasteiger partial charge on any atom is 0.435 e. The molecule has 0 saturated carbocycles. The van der Waals surface area contributed by atoms with Gasteiger partial charge in [0.05, 0.1) is 6.04 Å². The Morgan fingerprint density at radius 1 is 1.39 bits per heavy atom. The minimum Gasteiger partial charge on any atom is -0.382 e. The van der Waals surface area contributed by atoms with Gasteiger partial charge in [0, 0.05) is 20.3 Å². The highest BCUT2D eigenvalue weighted by atomic mass is 19.4. The van der Waals surface area contributed by atoms with Crippen molar-refractivity contribution in [1.82, 2.24) is 9.78 Å². The van der Waals surface area contributed by atoms with Crippen LogP contribution in [-0.2, 0) is 10.9 Å². The van der Waals surface area contributed by atoms with E-state index in [0.717, 1.165) is 4.68 Å². The van der Waals surface area contributed by atoms with Crippen LogP contribution in [0.3, 0.4) is 0 Å². The molecule has 1 saturated heterocycles. The third kappa shape index (κ3) is 2.24. The Labute approximate surface area is 101 Å². The zero-order valence-corrected chi connectivity index (χ0v) is 9.80. The standard InChI is InChI=1S/C10H14F3N3O2/c1-14-7-8(10(11,12)13)16(15-9(7)17)6-2-4-18-5-3-6/h6,14H,2-5H2,1H3,(H,15,17). The van der Waals surface area contributed by atoms with E-state index in [4.69, 9.17) is 4.74 Å². The molecule has 18 heavy (non-hydrogen) atoms. The molecule has 1 aliphatic heterocycles. The predicted molar refractivity (Wildman–Crippen MR) is 58.7 cm³/mol. The van der Waals surface area contributed by atoms with E-state index in [1.165, 1.54) is 7.05 Å². The van der Waals surface area contributed by atoms with Crippen LogP contribution in [0.25, 0.3) is 0 Å². The lowest BCUT2D eigenvalue weighted by Gasteiger charge is -2.25. The van der Waals surface area contributed by atoms with E-state index < -0.39 is 23.1 Å². The summed E-state index contributed by atoms with van der Waals surface area (Å²) < 4.78 is 45.1. The zero-order valence-electron chi connectivity index (χ0n) is 9.80. The summed E-state index contributed by atoms with van der Waals surface area (Å²) >= 11 is 0. The SMILES string of the molecule is CNc1c(C(F)(F)F)n(C2CCOCC2)[nH]c1=O. The van der Waals surface area contributed by atoms with Crippen LogP contribution in [0.15, 0.2) is 4.79 Å². The summed E-state index contributed by atoms with van der Waals surface area (Å²) in [5.41, 5.74) is -2.13. The minimum absolute atomic E-state index is 0.384. The summed E-state index contributed by atoms with van der Waals surface area (Å²) in [5, 5.41) is 4.58. The van der Waals surface area contributed by atoms with E-state index in [9.17, 15) is 18.0 Å². The predicted octanol–water partition coefficient (Wildman–Crippen LogP) is 1.59. The first-order valence-electron chi connectivity index (χ1n) is 5.62. The molecule has 0 atom stereocenters. The van der Waals surface area contributed by atoms with Gasteiger partial charge < -0.3 is 10.1 Å². The molecule has 0 radical (unpaired) electrons. The number of ether oxygens (including phenoxy) is 1. The van der Waals surface area contributed by atoms with E-state index in [-0.39, 0.29) is 6.04 Å². The summed E-state index contributed by atoms with van der Waals surface area (Å²) in [6, 6.07) is -0.384. The highest BCUT2D eigenvalue weighted by Crippen LogP contribution is 2.36. The van der Waals surface area contributed by atoms with Crippen molar-refractivity contribution in [1.29, 1.82) is 0 Å². The Balaban J connectivity index is 2.49. The Hall–Kier alpha value is -1.44. The van der Waals surface area contributed by atoms with Gasteiger partial charge in [0.25, 0.3) is 5.56 Å². The zero-order chi connectivity index (χ0) is 13.3. The smallest absolute Gasteiger partial charge is 0.382 e. The van der Waals surface area contributed by atoms with Gasteiger partial charge in [-0.05, 0) is 12.8 Å². The molecule has 0 amide bonds. The molecule has 5 nitrogen and oxygen atoms in total. The van der Waals surface area contributed by atoms with Crippen molar-refractivity contribution in [3.05, 3.63) is 16.0 Å². The van der Waals surface area contributed by atoms with Crippen molar-refractivity contribution in [2.75, 3.05) is 25.6 Å². The largest absolute Gasteiger partial charge is 0.435 e. The quantitative estimate of drug-likeness (QED) is 0.853. The maximum absolute atomic E-state index is 13.0. The number of hydrogen-bond acceptors (Lipinski definition) is 3. The van der Waals surface area contributed by atoms with E-state index in [1.54, 1.807) is 0 Å². The number of nitrogens with one attached hydrogen (secondary N) is 2. The Kier molecular flexibility index (Phi) is 3.38. The molecule has 1 aromatic rings. The van der Waals surface area contributed by atoms with Crippen LogP contribution >= 0.6 is 0 Å². The van der Waals surface area contributed by atoms with Gasteiger partial charge >= 0.3 is 6.18 Å². The van der Waals surface area contributed by atoms with E-state index in [0.29, 0.717) is 26.1 Å². The molecule has 0 aliphatic carbocycles. The lowest BCUT2D eigenvalue weighted by atomic mass is 10.1. The second-order valence-corrected chi connectivity index (χ2v) is 4.13. The Morgan fingerprint density at radius 3 is 2.50 bits per heavy atom. The Bertz CT molecular complexity index is 472. The van der Waals surface area contributed by atoms with Gasteiger partial charge in [-0.2, -0.15) is 13.2 Å². The average molecular weight is 265 g/mol. The number of aromatic amines is 1. The minimum atomic E-state index is -4.57. The molecule has 1 aliphatic rings. The van der Waals surface area contributed by atoms with Crippen LogP contribution in [0.5, 0.6) is 0 Å². The van der Waals surface area contributed by atoms with Crippen molar-refractivity contribution >= 4 is 5.69 Å². The number of aromatic nitrogens is 2. The second-order valence-electron chi connectivity index (χ2n) is 4.13. The van der Waals surface area contributed by atoms with Crippen molar-refractivity contribution < 1.29 is 17.9 Å². The molecule has 0 unspecified atom stereocenters. The van der Waals surface area contributed by atoms with Crippen molar-refractivity contribution in [3.63, 3.8) is 0 Å². The Morgan fingerprint density at radius 2 is 2.00 bits per heavy atom. The van der Waals surface area contributed by atoms with Gasteiger partial charge in [-0.1, -0.05) is 0 Å². The van der Waals surface area contributed by atoms with Crippen molar-refractivity contribution in [3.8, 4) is 0 Å². The maximum atomic E-state index is 13.0. The summed E-state index contributed by atoms with van der Waals surface area (Å²) in [6.45, 7) is 0.800. The number of rotatable bonds is 2. The van der Waals surface area contributed by atoms with Crippen molar-refractivity contribution in [2.24, 2.45) is 0 Å². The number of nitrogens with zero attached hydrogens (tertiary/aromatic N) is 1. The summed E-state index contributed by atoms with van der Waals surface area (Å²) in [4.78, 5) is 11.5. The molecule has 2 heterocycles. The molecule has 8 heteroatoms. The van der Waals surface area contributed by atoms with Crippen LogP contribution in [0, 0.1) is 0 Å². The first-order chi connectivity index (χ1) is 8.45. The van der Waals surface area contributed by atoms with Gasteiger partial charge in [0.2, 0.25) is 0 Å². The van der Waals surface area contributed by atoms with Gasteiger partial charge in [-0.25, -0.2) is 0 Å². The van der Waals surface area contributed by atoms with E-state index >= 15 is 0 Å². The monoisotopic (exact) mass is 265 g/mol. The number of H-pyrrole nitrogens is 1. The lowest BCUT2D eigenvalue weighted by Crippen LogP contribution is -2.25. The number of alkyl halides is 3. The van der Waals surface area contributed by atoms with E-state index in [2.05, 4.69) is 10.4 Å². The van der Waals surface area contributed by atoms with Gasteiger partial charge in [-0.3, -0.25) is 14.6 Å². The topological polar surface area (TPSA) is 59.1 Å². The highest BCUT2D eigenvalue weighted by molar-refractivity contribution is 5.47. The van der Waals surface area contributed by atoms with Gasteiger partial charge in [0.1, 0.15) is 5.69 Å². The van der Waals surface area contributed by atoms with Gasteiger partial charge in [0.15, 0.2) is 5.69 Å². The molecule has 2 N–H and O–H groups in total. The fourth-order valence-corrected chi connectivity index (χ4v) is 2.18. The summed E-state index contributed by atoms with van der Waals surface area (Å²) in [6.07, 6.45) is -3.66. The van der Waals surface area contributed by atoms with Crippen LogP contribution in [-0.4, -0.2) is 30.0 Å². The molecular formula is C10H14F3N3O2. The first kappa shape index (κ1) is 13.0. The molecule has 0 aromatic carbocycles. The number of anilines is 1. The third-order valence-corrected chi connectivity index (χ3v) is 3.00. The van der Waals surface area contributed by atoms with Crippen LogP contribution in [0.4, 0.5) is 18.9 Å². The molecular weight excluding hydrogens is 251 g/mol. The number of halogens is 3. The summed E-state index contributed by atoms with van der Waals surface area (Å²) in [7, 11) is 1.30. The molecule has 102 valence electrons. The third-order valence-electron chi connectivity index (χ3n) is 3.00. The van der Waals surface area contributed by atoms with Crippen LogP contribution < -0.4 is 10.9 Å². The molecule has 2 rings (SSSR count). The number of hydrogen-bond donors (Lipinski definition) is 2. The first-order valence-corrected chi connectivity index (χ1v) is 5.62. The highest BCUT2D eigenvalue weighted by Gasteiger charge is 2.41. The fourth-order valence-electron chi connectivity index (χ4n) is 2.18. The van der Waals surface area contributed by atoms with Gasteiger partial charge in [-0.15, -0.1) is 0 Å². The summed E-state index contributed by atoms with van der Waals surface area (Å²) in [5.74, 6) is 0. The average Bonchev–Trinajstić information content (AvgIpc) is 2.67. The fraction of sp³-hybridized carbons (Fsp3) is 0.700. The molecule has 1 aromatic heterocycles. The molecule has 0 spiro atoms. The normalized spacial score (nSPS) is 18.0. The second kappa shape index (κ2) is 4.68. The van der Waals surface area contributed by atoms with Crippen LogP contribution in [0.2, 0.25) is 0 Å². The molecule has 1 fully saturated rings. The van der Waals surface area contributed by atoms with Crippen molar-refractivity contribution in [2.45, 2.75) is 25.1 Å².